The second kappa shape index (κ2) is 18.0. The van der Waals surface area contributed by atoms with Crippen molar-refractivity contribution in [3.8, 4) is 0 Å². The number of benzene rings is 1. The van der Waals surface area contributed by atoms with E-state index in [0.717, 1.165) is 5.56 Å². The summed E-state index contributed by atoms with van der Waals surface area (Å²) in [4.78, 5) is 58.2. The molecule has 5 atom stereocenters. The summed E-state index contributed by atoms with van der Waals surface area (Å²) in [6.45, 7) is 1.56. The Balaban J connectivity index is 2.96. The van der Waals surface area contributed by atoms with Crippen LogP contribution in [0.3, 0.4) is 0 Å². The minimum atomic E-state index is -1.53. The number of aliphatic hydroxyl groups is 1. The number of nitrogens with two attached hydrogens (primary N) is 5. The summed E-state index contributed by atoms with van der Waals surface area (Å²) >= 11 is 0. The third kappa shape index (κ3) is 14.0. The van der Waals surface area contributed by atoms with Crippen molar-refractivity contribution in [3.05, 3.63) is 35.9 Å². The van der Waals surface area contributed by atoms with Crippen LogP contribution in [0.1, 0.15) is 38.2 Å². The van der Waals surface area contributed by atoms with E-state index in [2.05, 4.69) is 25.9 Å². The Morgan fingerprint density at radius 2 is 1.32 bits per heavy atom. The number of carboxylic acid groups (broad SMARTS) is 1. The number of nitrogens with zero attached hydrogens (tertiary/aromatic N) is 2. The minimum Gasteiger partial charge on any atom is -0.480 e. The van der Waals surface area contributed by atoms with E-state index < -0.39 is 54.0 Å². The van der Waals surface area contributed by atoms with Gasteiger partial charge in [-0.2, -0.15) is 0 Å². The molecule has 0 aliphatic carbocycles. The average molecular weight is 579 g/mol. The zero-order valence-corrected chi connectivity index (χ0v) is 23.0. The fourth-order valence-electron chi connectivity index (χ4n) is 3.69. The number of guanidine groups is 2. The molecule has 0 spiro atoms. The average Bonchev–Trinajstić information content (AvgIpc) is 2.90. The Morgan fingerprint density at radius 1 is 0.805 bits per heavy atom. The van der Waals surface area contributed by atoms with Gasteiger partial charge in [0.25, 0.3) is 0 Å². The van der Waals surface area contributed by atoms with E-state index in [4.69, 9.17) is 28.7 Å². The molecule has 1 aromatic carbocycles. The highest BCUT2D eigenvalue weighted by Gasteiger charge is 2.32. The van der Waals surface area contributed by atoms with Crippen LogP contribution >= 0.6 is 0 Å². The molecule has 0 bridgehead atoms. The zero-order valence-electron chi connectivity index (χ0n) is 23.0. The molecule has 1 aromatic rings. The monoisotopic (exact) mass is 578 g/mol. The van der Waals surface area contributed by atoms with Gasteiger partial charge in [-0.25, -0.2) is 4.79 Å². The highest BCUT2D eigenvalue weighted by molar-refractivity contribution is 5.94. The molecule has 5 unspecified atom stereocenters. The lowest BCUT2D eigenvalue weighted by Crippen LogP contribution is -2.60. The van der Waals surface area contributed by atoms with E-state index in [1.807, 2.05) is 18.2 Å². The van der Waals surface area contributed by atoms with Gasteiger partial charge in [0.05, 0.1) is 12.1 Å². The van der Waals surface area contributed by atoms with Crippen molar-refractivity contribution >= 4 is 35.6 Å². The van der Waals surface area contributed by atoms with Gasteiger partial charge in [-0.05, 0) is 44.6 Å². The molecule has 228 valence electrons. The van der Waals surface area contributed by atoms with E-state index in [9.17, 15) is 29.4 Å². The quantitative estimate of drug-likeness (QED) is 0.0464. The highest BCUT2D eigenvalue weighted by atomic mass is 16.4. The normalized spacial score (nSPS) is 14.3. The number of carbonyl (C=O) groups excluding carboxylic acids is 3. The molecule has 15 N–H and O–H groups in total. The first kappa shape index (κ1) is 34.6. The maximum Gasteiger partial charge on any atom is 0.326 e. The Kier molecular flexibility index (Phi) is 15.2. The number of aliphatic carboxylic acids is 1. The Labute approximate surface area is 238 Å². The number of rotatable bonds is 18. The first-order valence-corrected chi connectivity index (χ1v) is 13.0. The minimum absolute atomic E-state index is 0.0128. The van der Waals surface area contributed by atoms with Gasteiger partial charge in [-0.15, -0.1) is 0 Å². The van der Waals surface area contributed by atoms with E-state index in [1.165, 1.54) is 6.92 Å². The van der Waals surface area contributed by atoms with Gasteiger partial charge in [-0.3, -0.25) is 24.4 Å². The Bertz CT molecular complexity index is 1060. The van der Waals surface area contributed by atoms with Gasteiger partial charge >= 0.3 is 5.97 Å². The van der Waals surface area contributed by atoms with Crippen molar-refractivity contribution in [1.82, 2.24) is 16.0 Å². The standard InChI is InChI=1S/C25H42N10O6/c1-14(36)19(22(39)34-18(23(40)41)10-6-12-32-25(29)30)35-21(38)17(9-5-11-31-24(27)28)33-20(37)16(26)13-15-7-3-2-4-8-15/h2-4,7-8,14,16-19,36H,5-6,9-13,26H2,1H3,(H,33,37)(H,34,39)(H,35,38)(H,40,41)(H4,27,28,31)(H4,29,30,32). The molecule has 16 heteroatoms. The lowest BCUT2D eigenvalue weighted by atomic mass is 10.0. The molecule has 0 fully saturated rings. The lowest BCUT2D eigenvalue weighted by molar-refractivity contribution is -0.143. The van der Waals surface area contributed by atoms with Gasteiger partial charge < -0.3 is 54.8 Å². The van der Waals surface area contributed by atoms with E-state index in [-0.39, 0.29) is 57.1 Å². The molecule has 0 saturated carbocycles. The predicted octanol–water partition coefficient (Wildman–Crippen LogP) is -3.42. The number of nitrogens with one attached hydrogen (secondary N) is 3. The topological polar surface area (TPSA) is 300 Å². The van der Waals surface area contributed by atoms with Crippen LogP contribution in [0.15, 0.2) is 40.3 Å². The van der Waals surface area contributed by atoms with Crippen molar-refractivity contribution in [3.63, 3.8) is 0 Å². The van der Waals surface area contributed by atoms with Crippen molar-refractivity contribution in [2.75, 3.05) is 13.1 Å². The molecule has 1 rings (SSSR count). The molecule has 41 heavy (non-hydrogen) atoms. The SMILES string of the molecule is CC(O)C(NC(=O)C(CCCN=C(N)N)NC(=O)C(N)Cc1ccccc1)C(=O)NC(CCCN=C(N)N)C(=O)O. The third-order valence-corrected chi connectivity index (χ3v) is 5.84. The molecular formula is C25H42N10O6. The smallest absolute Gasteiger partial charge is 0.326 e. The second-order valence-electron chi connectivity index (χ2n) is 9.38. The summed E-state index contributed by atoms with van der Waals surface area (Å²) in [6, 6.07) is 4.05. The number of aliphatic hydroxyl groups excluding tert-OH is 1. The fourth-order valence-corrected chi connectivity index (χ4v) is 3.69. The summed E-state index contributed by atoms with van der Waals surface area (Å²) in [6.07, 6.45) is -0.605. The maximum atomic E-state index is 13.2. The van der Waals surface area contributed by atoms with Gasteiger partial charge in [0.15, 0.2) is 11.9 Å². The number of aliphatic imine (C=N–C) groups is 2. The highest BCUT2D eigenvalue weighted by Crippen LogP contribution is 2.06. The van der Waals surface area contributed by atoms with Crippen LogP contribution in [0.25, 0.3) is 0 Å². The zero-order chi connectivity index (χ0) is 30.9. The van der Waals surface area contributed by atoms with E-state index >= 15 is 0 Å². The number of carbonyl (C=O) groups is 4. The van der Waals surface area contributed by atoms with Crippen LogP contribution in [0.4, 0.5) is 0 Å². The lowest BCUT2D eigenvalue weighted by Gasteiger charge is -2.26. The summed E-state index contributed by atoms with van der Waals surface area (Å²) in [5, 5.41) is 27.0. The predicted molar refractivity (Wildman–Crippen MR) is 153 cm³/mol. The second-order valence-corrected chi connectivity index (χ2v) is 9.38. The first-order chi connectivity index (χ1) is 19.3. The van der Waals surface area contributed by atoms with Gasteiger partial charge in [0, 0.05) is 13.1 Å². The summed E-state index contributed by atoms with van der Waals surface area (Å²) in [7, 11) is 0. The molecule has 0 heterocycles. The first-order valence-electron chi connectivity index (χ1n) is 13.0. The van der Waals surface area contributed by atoms with Crippen LogP contribution in [-0.4, -0.2) is 89.2 Å². The van der Waals surface area contributed by atoms with Crippen LogP contribution in [0.2, 0.25) is 0 Å². The summed E-state index contributed by atoms with van der Waals surface area (Å²) in [5.74, 6) is -3.96. The molecule has 0 saturated heterocycles. The molecule has 0 aliphatic rings. The van der Waals surface area contributed by atoms with Crippen molar-refractivity contribution < 1.29 is 29.4 Å². The number of hydrogen-bond acceptors (Lipinski definition) is 8. The van der Waals surface area contributed by atoms with Crippen molar-refractivity contribution in [2.45, 2.75) is 69.3 Å². The molecule has 0 radical (unpaired) electrons. The third-order valence-electron chi connectivity index (χ3n) is 5.84. The number of carboxylic acids is 1. The molecule has 16 nitrogen and oxygen atoms in total. The Hall–Kier alpha value is -4.44. The maximum absolute atomic E-state index is 13.2. The van der Waals surface area contributed by atoms with E-state index in [1.54, 1.807) is 12.1 Å². The van der Waals surface area contributed by atoms with Crippen LogP contribution < -0.4 is 44.6 Å². The molecular weight excluding hydrogens is 536 g/mol. The van der Waals surface area contributed by atoms with Crippen molar-refractivity contribution in [1.29, 1.82) is 0 Å². The van der Waals surface area contributed by atoms with Crippen LogP contribution in [-0.2, 0) is 25.6 Å². The summed E-state index contributed by atoms with van der Waals surface area (Å²) in [5.41, 5.74) is 28.1. The molecule has 0 aliphatic heterocycles. The number of hydrogen-bond donors (Lipinski definition) is 10. The Morgan fingerprint density at radius 3 is 1.80 bits per heavy atom. The van der Waals surface area contributed by atoms with E-state index in [0.29, 0.717) is 0 Å². The van der Waals surface area contributed by atoms with Crippen LogP contribution in [0.5, 0.6) is 0 Å². The largest absolute Gasteiger partial charge is 0.480 e. The van der Waals surface area contributed by atoms with Gasteiger partial charge in [0.1, 0.15) is 18.1 Å². The summed E-state index contributed by atoms with van der Waals surface area (Å²) < 4.78 is 0. The molecule has 0 aromatic heterocycles. The fraction of sp³-hybridized carbons (Fsp3) is 0.520. The van der Waals surface area contributed by atoms with Gasteiger partial charge in [0.2, 0.25) is 17.7 Å². The number of amides is 3. The molecule has 3 amide bonds. The van der Waals surface area contributed by atoms with Gasteiger partial charge in [-0.1, -0.05) is 30.3 Å². The van der Waals surface area contributed by atoms with Crippen molar-refractivity contribution in [2.24, 2.45) is 38.7 Å². The van der Waals surface area contributed by atoms with Crippen LogP contribution in [0, 0.1) is 0 Å².